The lowest BCUT2D eigenvalue weighted by Gasteiger charge is -2.19. The fourth-order valence-corrected chi connectivity index (χ4v) is 1.94. The van der Waals surface area contributed by atoms with E-state index in [1.54, 1.807) is 31.3 Å². The fourth-order valence-electron chi connectivity index (χ4n) is 1.79. The van der Waals surface area contributed by atoms with Gasteiger partial charge in [-0.3, -0.25) is 10.1 Å². The van der Waals surface area contributed by atoms with E-state index in [4.69, 9.17) is 16.9 Å². The third-order valence-corrected chi connectivity index (χ3v) is 2.92. The zero-order chi connectivity index (χ0) is 14.7. The van der Waals surface area contributed by atoms with Crippen molar-refractivity contribution in [3.05, 3.63) is 57.2 Å². The van der Waals surface area contributed by atoms with Crippen molar-refractivity contribution < 1.29 is 4.92 Å². The Kier molecular flexibility index (Phi) is 3.82. The molecule has 1 aromatic carbocycles. The molecule has 100 valence electrons. The van der Waals surface area contributed by atoms with E-state index in [0.717, 1.165) is 0 Å². The molecule has 0 saturated heterocycles. The number of nitrogens with zero attached hydrogens (tertiary/aromatic N) is 4. The molecule has 0 fully saturated rings. The second kappa shape index (κ2) is 5.55. The van der Waals surface area contributed by atoms with Gasteiger partial charge in [-0.15, -0.1) is 0 Å². The van der Waals surface area contributed by atoms with Gasteiger partial charge >= 0.3 is 5.69 Å². The summed E-state index contributed by atoms with van der Waals surface area (Å²) in [7, 11) is 1.61. The molecular weight excluding hydrogens is 280 g/mol. The van der Waals surface area contributed by atoms with Crippen LogP contribution in [0.4, 0.5) is 17.2 Å². The predicted molar refractivity (Wildman–Crippen MR) is 75.1 cm³/mol. The van der Waals surface area contributed by atoms with Crippen molar-refractivity contribution in [2.45, 2.75) is 0 Å². The second-order valence-corrected chi connectivity index (χ2v) is 4.38. The highest BCUT2D eigenvalue weighted by Crippen LogP contribution is 2.33. The largest absolute Gasteiger partial charge is 0.323 e. The fraction of sp³-hybridized carbons (Fsp3) is 0.0769. The van der Waals surface area contributed by atoms with Gasteiger partial charge in [0.1, 0.15) is 6.07 Å². The standard InChI is InChI=1S/C13H9ClN4O2/c1-17(11-5-3-2-4-9(11)7-15)13-12(18(19)20)6-10(14)8-16-13/h2-6,8H,1H3. The van der Waals surface area contributed by atoms with Crippen LogP contribution in [0.15, 0.2) is 36.5 Å². The summed E-state index contributed by atoms with van der Waals surface area (Å²) in [5, 5.41) is 20.3. The molecule has 0 spiro atoms. The Balaban J connectivity index is 2.57. The van der Waals surface area contributed by atoms with E-state index in [9.17, 15) is 10.1 Å². The molecule has 7 heteroatoms. The van der Waals surface area contributed by atoms with Crippen molar-refractivity contribution >= 4 is 28.8 Å². The number of anilines is 2. The van der Waals surface area contributed by atoms with Gasteiger partial charge in [0.05, 0.1) is 21.2 Å². The third kappa shape index (κ3) is 2.53. The normalized spacial score (nSPS) is 9.85. The summed E-state index contributed by atoms with van der Waals surface area (Å²) in [6.07, 6.45) is 1.33. The molecular formula is C13H9ClN4O2. The summed E-state index contributed by atoms with van der Waals surface area (Å²) in [6.45, 7) is 0. The lowest BCUT2D eigenvalue weighted by Crippen LogP contribution is -2.14. The Morgan fingerprint density at radius 1 is 1.45 bits per heavy atom. The van der Waals surface area contributed by atoms with Gasteiger partial charge in [-0.1, -0.05) is 23.7 Å². The molecule has 0 aliphatic rings. The highest BCUT2D eigenvalue weighted by atomic mass is 35.5. The number of aromatic nitrogens is 1. The van der Waals surface area contributed by atoms with Crippen LogP contribution in [0.5, 0.6) is 0 Å². The van der Waals surface area contributed by atoms with Gasteiger partial charge in [-0.25, -0.2) is 4.98 Å². The number of hydrogen-bond acceptors (Lipinski definition) is 5. The van der Waals surface area contributed by atoms with E-state index in [1.807, 2.05) is 6.07 Å². The van der Waals surface area contributed by atoms with Gasteiger partial charge in [-0.2, -0.15) is 5.26 Å². The molecule has 6 nitrogen and oxygen atoms in total. The number of nitro groups is 1. The number of nitriles is 1. The Hall–Kier alpha value is -2.65. The van der Waals surface area contributed by atoms with Crippen molar-refractivity contribution in [3.8, 4) is 6.07 Å². The lowest BCUT2D eigenvalue weighted by atomic mass is 10.2. The molecule has 2 aromatic rings. The number of para-hydroxylation sites is 1. The molecule has 0 atom stereocenters. The van der Waals surface area contributed by atoms with Gasteiger partial charge < -0.3 is 4.90 Å². The van der Waals surface area contributed by atoms with Crippen molar-refractivity contribution in [2.75, 3.05) is 11.9 Å². The van der Waals surface area contributed by atoms with Crippen molar-refractivity contribution in [2.24, 2.45) is 0 Å². The first kappa shape index (κ1) is 13.8. The molecule has 20 heavy (non-hydrogen) atoms. The van der Waals surface area contributed by atoms with Gasteiger partial charge in [0.2, 0.25) is 5.82 Å². The maximum absolute atomic E-state index is 11.1. The van der Waals surface area contributed by atoms with E-state index >= 15 is 0 Å². The van der Waals surface area contributed by atoms with Crippen molar-refractivity contribution in [1.82, 2.24) is 4.98 Å². The Labute approximate surface area is 120 Å². The monoisotopic (exact) mass is 288 g/mol. The molecule has 0 unspecified atom stereocenters. The molecule has 0 N–H and O–H groups in total. The average Bonchev–Trinajstić information content (AvgIpc) is 2.46. The van der Waals surface area contributed by atoms with E-state index in [-0.39, 0.29) is 16.5 Å². The summed E-state index contributed by atoms with van der Waals surface area (Å²) in [4.78, 5) is 16.0. The summed E-state index contributed by atoms with van der Waals surface area (Å²) < 4.78 is 0. The number of benzene rings is 1. The molecule has 1 heterocycles. The Bertz CT molecular complexity index is 712. The molecule has 0 aliphatic heterocycles. The zero-order valence-electron chi connectivity index (χ0n) is 10.4. The minimum absolute atomic E-state index is 0.127. The topological polar surface area (TPSA) is 83.1 Å². The van der Waals surface area contributed by atoms with Gasteiger partial charge in [0.15, 0.2) is 0 Å². The maximum Gasteiger partial charge on any atom is 0.313 e. The molecule has 0 aliphatic carbocycles. The number of rotatable bonds is 3. The first-order valence-corrected chi connectivity index (χ1v) is 5.95. The molecule has 0 amide bonds. The number of hydrogen-bond donors (Lipinski definition) is 0. The van der Waals surface area contributed by atoms with Crippen LogP contribution in [-0.2, 0) is 0 Å². The second-order valence-electron chi connectivity index (χ2n) is 3.94. The highest BCUT2D eigenvalue weighted by Gasteiger charge is 2.21. The van der Waals surface area contributed by atoms with Crippen LogP contribution in [-0.4, -0.2) is 17.0 Å². The van der Waals surface area contributed by atoms with Gasteiger partial charge in [-0.05, 0) is 12.1 Å². The van der Waals surface area contributed by atoms with Crippen molar-refractivity contribution in [1.29, 1.82) is 5.26 Å². The van der Waals surface area contributed by atoms with Crippen LogP contribution < -0.4 is 4.90 Å². The molecule has 0 radical (unpaired) electrons. The smallest absolute Gasteiger partial charge is 0.313 e. The van der Waals surface area contributed by atoms with Crippen LogP contribution in [0.3, 0.4) is 0 Å². The van der Waals surface area contributed by atoms with E-state index in [2.05, 4.69) is 4.98 Å². The molecule has 2 rings (SSSR count). The zero-order valence-corrected chi connectivity index (χ0v) is 11.2. The molecule has 0 bridgehead atoms. The van der Waals surface area contributed by atoms with Gasteiger partial charge in [0, 0.05) is 19.3 Å². The number of halogens is 1. The SMILES string of the molecule is CN(c1ccccc1C#N)c1ncc(Cl)cc1[N+](=O)[O-]. The Morgan fingerprint density at radius 3 is 2.80 bits per heavy atom. The summed E-state index contributed by atoms with van der Waals surface area (Å²) >= 11 is 5.73. The maximum atomic E-state index is 11.1. The molecule has 0 saturated carbocycles. The third-order valence-electron chi connectivity index (χ3n) is 2.71. The van der Waals surface area contributed by atoms with Crippen LogP contribution in [0, 0.1) is 21.4 Å². The van der Waals surface area contributed by atoms with E-state index in [0.29, 0.717) is 11.3 Å². The molecule has 1 aromatic heterocycles. The first-order chi connectivity index (χ1) is 9.54. The van der Waals surface area contributed by atoms with Crippen LogP contribution in [0.2, 0.25) is 5.02 Å². The van der Waals surface area contributed by atoms with E-state index < -0.39 is 4.92 Å². The van der Waals surface area contributed by atoms with Crippen LogP contribution >= 0.6 is 11.6 Å². The minimum atomic E-state index is -0.556. The quantitative estimate of drug-likeness (QED) is 0.639. The van der Waals surface area contributed by atoms with Crippen LogP contribution in [0.25, 0.3) is 0 Å². The van der Waals surface area contributed by atoms with Crippen LogP contribution in [0.1, 0.15) is 5.56 Å². The van der Waals surface area contributed by atoms with E-state index in [1.165, 1.54) is 17.2 Å². The first-order valence-electron chi connectivity index (χ1n) is 5.57. The van der Waals surface area contributed by atoms with Crippen molar-refractivity contribution in [3.63, 3.8) is 0 Å². The predicted octanol–water partition coefficient (Wildman–Crippen LogP) is 3.28. The highest BCUT2D eigenvalue weighted by molar-refractivity contribution is 6.30. The number of pyridine rings is 1. The Morgan fingerprint density at radius 2 is 2.15 bits per heavy atom. The summed E-state index contributed by atoms with van der Waals surface area (Å²) in [6, 6.07) is 10.1. The minimum Gasteiger partial charge on any atom is -0.323 e. The summed E-state index contributed by atoms with van der Waals surface area (Å²) in [5.74, 6) is 0.127. The lowest BCUT2D eigenvalue weighted by molar-refractivity contribution is -0.384. The average molecular weight is 289 g/mol. The van der Waals surface area contributed by atoms with Gasteiger partial charge in [0.25, 0.3) is 0 Å². The summed E-state index contributed by atoms with van der Waals surface area (Å²) in [5.41, 5.74) is 0.724.